The molecule has 1 aromatic heterocycles. The average Bonchev–Trinajstić information content (AvgIpc) is 2.67. The van der Waals surface area contributed by atoms with E-state index >= 15 is 0 Å². The van der Waals surface area contributed by atoms with Crippen LogP contribution in [0.1, 0.15) is 51.3 Å². The number of aryl methyl sites for hydroxylation is 1. The van der Waals surface area contributed by atoms with Crippen LogP contribution in [0.15, 0.2) is 18.3 Å². The number of pyridine rings is 1. The summed E-state index contributed by atoms with van der Waals surface area (Å²) in [6.07, 6.45) is 6.74. The Bertz CT molecular complexity index is 477. The molecule has 2 N–H and O–H groups in total. The number of nitrogens with zero attached hydrogens (tertiary/aromatic N) is 2. The lowest BCUT2D eigenvalue weighted by Gasteiger charge is -2.49. The van der Waals surface area contributed by atoms with E-state index in [-0.39, 0.29) is 17.1 Å². The Hall–Kier alpha value is -0.930. The minimum Gasteiger partial charge on any atom is -0.316 e. The summed E-state index contributed by atoms with van der Waals surface area (Å²) in [6, 6.07) is 4.29. The van der Waals surface area contributed by atoms with Gasteiger partial charge in [-0.25, -0.2) is 0 Å². The Morgan fingerprint density at radius 2 is 2.16 bits per heavy atom. The van der Waals surface area contributed by atoms with Crippen LogP contribution in [0.3, 0.4) is 0 Å². The number of hydrogen-bond acceptors (Lipinski definition) is 3. The largest absolute Gasteiger partial charge is 0.316 e. The summed E-state index contributed by atoms with van der Waals surface area (Å²) in [4.78, 5) is 7.13. The molecule has 3 nitrogen and oxygen atoms in total. The predicted octanol–water partition coefficient (Wildman–Crippen LogP) is 2.44. The highest BCUT2D eigenvalue weighted by Gasteiger charge is 2.46. The molecule has 1 fully saturated rings. The fourth-order valence-electron chi connectivity index (χ4n) is 4.00. The predicted molar refractivity (Wildman–Crippen MR) is 77.9 cm³/mol. The molecule has 2 aliphatic rings. The van der Waals surface area contributed by atoms with Gasteiger partial charge in [0.2, 0.25) is 0 Å². The molecule has 2 heterocycles. The summed E-state index contributed by atoms with van der Waals surface area (Å²) in [5.74, 6) is 0. The fourth-order valence-corrected chi connectivity index (χ4v) is 4.00. The highest BCUT2D eigenvalue weighted by molar-refractivity contribution is 5.34. The Morgan fingerprint density at radius 1 is 1.37 bits per heavy atom. The Kier molecular flexibility index (Phi) is 2.95. The molecule has 1 saturated heterocycles. The molecule has 1 aliphatic heterocycles. The van der Waals surface area contributed by atoms with Crippen molar-refractivity contribution in [3.63, 3.8) is 0 Å². The summed E-state index contributed by atoms with van der Waals surface area (Å²) < 4.78 is 0. The van der Waals surface area contributed by atoms with Crippen LogP contribution >= 0.6 is 0 Å². The van der Waals surface area contributed by atoms with Gasteiger partial charge < -0.3 is 5.73 Å². The second-order valence-corrected chi connectivity index (χ2v) is 7.18. The Morgan fingerprint density at radius 3 is 2.84 bits per heavy atom. The second-order valence-electron chi connectivity index (χ2n) is 7.18. The van der Waals surface area contributed by atoms with Crippen molar-refractivity contribution in [1.29, 1.82) is 0 Å². The number of fused-ring (bicyclic) bond motifs is 2. The maximum Gasteiger partial charge on any atom is 0.0585 e. The van der Waals surface area contributed by atoms with Crippen molar-refractivity contribution in [3.05, 3.63) is 29.6 Å². The van der Waals surface area contributed by atoms with Crippen molar-refractivity contribution in [2.24, 2.45) is 5.73 Å². The van der Waals surface area contributed by atoms with Crippen LogP contribution in [0.25, 0.3) is 0 Å². The van der Waals surface area contributed by atoms with E-state index in [0.29, 0.717) is 0 Å². The van der Waals surface area contributed by atoms with Crippen molar-refractivity contribution in [2.75, 3.05) is 6.54 Å². The van der Waals surface area contributed by atoms with Crippen LogP contribution < -0.4 is 5.73 Å². The summed E-state index contributed by atoms with van der Waals surface area (Å²) in [5, 5.41) is 0. The molecule has 0 bridgehead atoms. The van der Waals surface area contributed by atoms with E-state index in [2.05, 4.69) is 42.8 Å². The summed E-state index contributed by atoms with van der Waals surface area (Å²) in [6.45, 7) is 7.85. The lowest BCUT2D eigenvalue weighted by Crippen LogP contribution is -2.59. The second kappa shape index (κ2) is 4.29. The molecule has 19 heavy (non-hydrogen) atoms. The lowest BCUT2D eigenvalue weighted by molar-refractivity contribution is 0.0205. The molecule has 2 atom stereocenters. The van der Waals surface area contributed by atoms with Crippen molar-refractivity contribution in [1.82, 2.24) is 9.88 Å². The first kappa shape index (κ1) is 13.1. The quantitative estimate of drug-likeness (QED) is 0.778. The first-order valence-corrected chi connectivity index (χ1v) is 7.39. The minimum atomic E-state index is 0.154. The van der Waals surface area contributed by atoms with Gasteiger partial charge in [0.05, 0.1) is 6.17 Å². The highest BCUT2D eigenvalue weighted by atomic mass is 15.3. The Balaban J connectivity index is 1.87. The van der Waals surface area contributed by atoms with E-state index in [4.69, 9.17) is 5.73 Å². The number of nitrogens with two attached hydrogens (primary N) is 1. The van der Waals surface area contributed by atoms with E-state index in [0.717, 1.165) is 13.0 Å². The van der Waals surface area contributed by atoms with E-state index in [1.54, 1.807) is 0 Å². The van der Waals surface area contributed by atoms with E-state index < -0.39 is 0 Å². The van der Waals surface area contributed by atoms with Gasteiger partial charge in [-0.2, -0.15) is 0 Å². The smallest absolute Gasteiger partial charge is 0.0585 e. The molecule has 0 amide bonds. The highest BCUT2D eigenvalue weighted by Crippen LogP contribution is 2.46. The van der Waals surface area contributed by atoms with Gasteiger partial charge in [-0.3, -0.25) is 9.88 Å². The third-order valence-corrected chi connectivity index (χ3v) is 4.96. The van der Waals surface area contributed by atoms with E-state index in [1.807, 2.05) is 6.20 Å². The molecule has 104 valence electrons. The molecule has 1 spiro atoms. The minimum absolute atomic E-state index is 0.154. The van der Waals surface area contributed by atoms with Crippen molar-refractivity contribution < 1.29 is 0 Å². The molecule has 1 unspecified atom stereocenters. The third kappa shape index (κ3) is 2.09. The van der Waals surface area contributed by atoms with Gasteiger partial charge in [0.1, 0.15) is 0 Å². The van der Waals surface area contributed by atoms with Gasteiger partial charge in [-0.1, -0.05) is 6.07 Å². The molecule has 0 radical (unpaired) electrons. The molecule has 1 aliphatic carbocycles. The number of rotatable bonds is 0. The number of piperidine rings is 1. The van der Waals surface area contributed by atoms with E-state index in [9.17, 15) is 0 Å². The molecule has 3 heteroatoms. The first-order valence-electron chi connectivity index (χ1n) is 7.39. The Labute approximate surface area is 116 Å². The maximum atomic E-state index is 6.47. The standard InChI is InChI=1S/C16H25N3/c1-15(2,3)19-10-8-16(11-13(19)17)7-6-12-5-4-9-18-14(12)16/h4-5,9,13H,6-8,10-11,17H2,1-3H3/t13-,16?/m0/s1. The SMILES string of the molecule is CC(C)(C)N1CCC2(CCc3cccnc32)C[C@H]1N. The van der Waals surface area contributed by atoms with Gasteiger partial charge in [0.25, 0.3) is 0 Å². The van der Waals surface area contributed by atoms with Gasteiger partial charge >= 0.3 is 0 Å². The number of likely N-dealkylation sites (tertiary alicyclic amines) is 1. The normalized spacial score (nSPS) is 31.7. The van der Waals surface area contributed by atoms with Crippen molar-refractivity contribution in [3.8, 4) is 0 Å². The van der Waals surface area contributed by atoms with Crippen LogP contribution in [0.5, 0.6) is 0 Å². The topological polar surface area (TPSA) is 42.2 Å². The van der Waals surface area contributed by atoms with Crippen LogP contribution in [-0.2, 0) is 11.8 Å². The van der Waals surface area contributed by atoms with Gasteiger partial charge in [-0.15, -0.1) is 0 Å². The van der Waals surface area contributed by atoms with Crippen LogP contribution in [-0.4, -0.2) is 28.1 Å². The van der Waals surface area contributed by atoms with Crippen LogP contribution in [0.2, 0.25) is 0 Å². The summed E-state index contributed by atoms with van der Waals surface area (Å²) >= 11 is 0. The molecule has 0 saturated carbocycles. The number of aromatic nitrogens is 1. The zero-order valence-corrected chi connectivity index (χ0v) is 12.3. The number of hydrogen-bond donors (Lipinski definition) is 1. The summed E-state index contributed by atoms with van der Waals surface area (Å²) in [5.41, 5.74) is 9.66. The van der Waals surface area contributed by atoms with Gasteiger partial charge in [-0.05, 0) is 58.1 Å². The zero-order chi connectivity index (χ0) is 13.7. The van der Waals surface area contributed by atoms with Crippen LogP contribution in [0, 0.1) is 0 Å². The van der Waals surface area contributed by atoms with Crippen molar-refractivity contribution in [2.45, 2.75) is 63.6 Å². The zero-order valence-electron chi connectivity index (χ0n) is 12.3. The van der Waals surface area contributed by atoms with Gasteiger partial charge in [0.15, 0.2) is 0 Å². The molecular weight excluding hydrogens is 234 g/mol. The monoisotopic (exact) mass is 259 g/mol. The molecular formula is C16H25N3. The lowest BCUT2D eigenvalue weighted by atomic mass is 9.74. The fraction of sp³-hybridized carbons (Fsp3) is 0.688. The maximum absolute atomic E-state index is 6.47. The van der Waals surface area contributed by atoms with Crippen LogP contribution in [0.4, 0.5) is 0 Å². The molecule has 3 rings (SSSR count). The summed E-state index contributed by atoms with van der Waals surface area (Å²) in [7, 11) is 0. The molecule has 1 aromatic rings. The first-order chi connectivity index (χ1) is 8.92. The average molecular weight is 259 g/mol. The van der Waals surface area contributed by atoms with Gasteiger partial charge in [0, 0.05) is 29.4 Å². The van der Waals surface area contributed by atoms with Crippen molar-refractivity contribution >= 4 is 0 Å². The third-order valence-electron chi connectivity index (χ3n) is 4.96. The van der Waals surface area contributed by atoms with E-state index in [1.165, 1.54) is 30.5 Å². The molecule has 0 aromatic carbocycles.